The van der Waals surface area contributed by atoms with Crippen LogP contribution in [0, 0.1) is 0 Å². The Balaban J connectivity index is 1.67. The van der Waals surface area contributed by atoms with Crippen molar-refractivity contribution in [2.45, 2.75) is 42.4 Å². The number of halogens is 3. The standard InChI is InChI=1S/C21H20F3N5OS/c1-2-8-16-26-27-20-29(16)28-17(13-9-4-3-5-10-13)18(31-20)19(30)25-15-12-7-6-11-14(15)21(22,23)24/h3-7,9-12,17-18,28H,2,8H2,1H3,(H,25,30)/t17-,18+/m1/s1. The molecule has 0 unspecified atom stereocenters. The number of nitrogens with zero attached hydrogens (tertiary/aromatic N) is 3. The first-order chi connectivity index (χ1) is 14.9. The Bertz CT molecular complexity index is 1070. The van der Waals surface area contributed by atoms with Crippen molar-refractivity contribution in [3.8, 4) is 0 Å². The summed E-state index contributed by atoms with van der Waals surface area (Å²) in [6.07, 6.45) is -2.99. The van der Waals surface area contributed by atoms with Crippen molar-refractivity contribution in [1.29, 1.82) is 0 Å². The second-order valence-electron chi connectivity index (χ2n) is 7.07. The molecule has 0 spiro atoms. The van der Waals surface area contributed by atoms with Crippen molar-refractivity contribution < 1.29 is 18.0 Å². The van der Waals surface area contributed by atoms with Crippen LogP contribution in [0.25, 0.3) is 0 Å². The molecular weight excluding hydrogens is 427 g/mol. The first-order valence-corrected chi connectivity index (χ1v) is 10.7. The SMILES string of the molecule is CCCc1nnc2n1N[C@H](c1ccccc1)[C@@H](C(=O)Nc1ccccc1C(F)(F)F)S2. The lowest BCUT2D eigenvalue weighted by molar-refractivity contribution is -0.137. The Hall–Kier alpha value is -3.01. The average molecular weight is 447 g/mol. The van der Waals surface area contributed by atoms with Gasteiger partial charge in [-0.25, -0.2) is 4.68 Å². The van der Waals surface area contributed by atoms with Crippen LogP contribution < -0.4 is 10.7 Å². The zero-order chi connectivity index (χ0) is 22.0. The van der Waals surface area contributed by atoms with Crippen LogP contribution in [0.5, 0.6) is 0 Å². The molecule has 0 saturated heterocycles. The number of carbonyl (C=O) groups is 1. The van der Waals surface area contributed by atoms with Crippen molar-refractivity contribution >= 4 is 23.4 Å². The molecule has 162 valence electrons. The quantitative estimate of drug-likeness (QED) is 0.596. The molecule has 1 amide bonds. The van der Waals surface area contributed by atoms with Crippen molar-refractivity contribution in [2.75, 3.05) is 10.7 Å². The van der Waals surface area contributed by atoms with Gasteiger partial charge in [-0.15, -0.1) is 10.2 Å². The highest BCUT2D eigenvalue weighted by atomic mass is 32.2. The molecule has 1 aromatic heterocycles. The van der Waals surface area contributed by atoms with E-state index in [1.807, 2.05) is 37.3 Å². The second kappa shape index (κ2) is 8.62. The zero-order valence-corrected chi connectivity index (χ0v) is 17.4. The fraction of sp³-hybridized carbons (Fsp3) is 0.286. The molecule has 6 nitrogen and oxygen atoms in total. The number of benzene rings is 2. The Morgan fingerprint density at radius 3 is 2.55 bits per heavy atom. The summed E-state index contributed by atoms with van der Waals surface area (Å²) in [5, 5.41) is 10.6. The Morgan fingerprint density at radius 2 is 1.84 bits per heavy atom. The molecule has 31 heavy (non-hydrogen) atoms. The van der Waals surface area contributed by atoms with E-state index in [0.717, 1.165) is 23.9 Å². The van der Waals surface area contributed by atoms with E-state index in [1.165, 1.54) is 30.0 Å². The number of aryl methyl sites for hydroxylation is 1. The normalized spacial score (nSPS) is 18.2. The maximum Gasteiger partial charge on any atom is 0.418 e. The number of aromatic nitrogens is 3. The largest absolute Gasteiger partial charge is 0.418 e. The number of thioether (sulfide) groups is 1. The van der Waals surface area contributed by atoms with E-state index in [0.29, 0.717) is 11.6 Å². The van der Waals surface area contributed by atoms with Crippen LogP contribution in [0.1, 0.15) is 36.3 Å². The lowest BCUT2D eigenvalue weighted by atomic mass is 10.0. The molecule has 2 aromatic carbocycles. The molecule has 2 atom stereocenters. The monoisotopic (exact) mass is 447 g/mol. The molecular formula is C21H20F3N5OS. The number of nitrogens with one attached hydrogen (secondary N) is 2. The van der Waals surface area contributed by atoms with E-state index in [4.69, 9.17) is 0 Å². The maximum atomic E-state index is 13.4. The van der Waals surface area contributed by atoms with Gasteiger partial charge in [0.25, 0.3) is 0 Å². The number of alkyl halides is 3. The average Bonchev–Trinajstić information content (AvgIpc) is 3.15. The third kappa shape index (κ3) is 4.39. The van der Waals surface area contributed by atoms with Crippen molar-refractivity contribution in [2.24, 2.45) is 0 Å². The number of para-hydroxylation sites is 1. The van der Waals surface area contributed by atoms with Crippen LogP contribution in [-0.2, 0) is 17.4 Å². The molecule has 0 saturated carbocycles. The molecule has 0 radical (unpaired) electrons. The topological polar surface area (TPSA) is 71.8 Å². The minimum Gasteiger partial charge on any atom is -0.324 e. The van der Waals surface area contributed by atoms with Crippen molar-refractivity contribution in [3.63, 3.8) is 0 Å². The van der Waals surface area contributed by atoms with Gasteiger partial charge in [0.15, 0.2) is 5.82 Å². The molecule has 4 rings (SSSR count). The molecule has 1 aliphatic rings. The summed E-state index contributed by atoms with van der Waals surface area (Å²) < 4.78 is 41.9. The lowest BCUT2D eigenvalue weighted by Gasteiger charge is -2.33. The van der Waals surface area contributed by atoms with Gasteiger partial charge in [-0.05, 0) is 24.1 Å². The number of hydrogen-bond donors (Lipinski definition) is 2. The van der Waals surface area contributed by atoms with Crippen LogP contribution >= 0.6 is 11.8 Å². The van der Waals surface area contributed by atoms with Gasteiger partial charge in [-0.1, -0.05) is 61.2 Å². The lowest BCUT2D eigenvalue weighted by Crippen LogP contribution is -2.41. The summed E-state index contributed by atoms with van der Waals surface area (Å²) in [7, 11) is 0. The van der Waals surface area contributed by atoms with Gasteiger partial charge in [0.2, 0.25) is 11.1 Å². The van der Waals surface area contributed by atoms with E-state index in [2.05, 4.69) is 20.9 Å². The van der Waals surface area contributed by atoms with Gasteiger partial charge in [-0.2, -0.15) is 13.2 Å². The van der Waals surface area contributed by atoms with Crippen LogP contribution in [0.4, 0.5) is 18.9 Å². The molecule has 1 aliphatic heterocycles. The summed E-state index contributed by atoms with van der Waals surface area (Å²) in [6.45, 7) is 2.03. The van der Waals surface area contributed by atoms with E-state index in [-0.39, 0.29) is 5.69 Å². The molecule has 0 fully saturated rings. The highest BCUT2D eigenvalue weighted by molar-refractivity contribution is 8.00. The van der Waals surface area contributed by atoms with Crippen molar-refractivity contribution in [3.05, 3.63) is 71.5 Å². The predicted octanol–water partition coefficient (Wildman–Crippen LogP) is 4.65. The summed E-state index contributed by atoms with van der Waals surface area (Å²) in [5.41, 5.74) is 2.97. The van der Waals surface area contributed by atoms with Crippen LogP contribution in [0.3, 0.4) is 0 Å². The summed E-state index contributed by atoms with van der Waals surface area (Å²) in [5.74, 6) is 0.196. The summed E-state index contributed by atoms with van der Waals surface area (Å²) in [6, 6.07) is 13.8. The van der Waals surface area contributed by atoms with Crippen LogP contribution in [0.2, 0.25) is 0 Å². The van der Waals surface area contributed by atoms with Gasteiger partial charge in [-0.3, -0.25) is 4.79 Å². The number of fused-ring (bicyclic) bond motifs is 1. The molecule has 10 heteroatoms. The number of amides is 1. The number of anilines is 1. The molecule has 2 heterocycles. The highest BCUT2D eigenvalue weighted by Crippen LogP contribution is 2.39. The maximum absolute atomic E-state index is 13.4. The van der Waals surface area contributed by atoms with Crippen LogP contribution in [0.15, 0.2) is 59.8 Å². The van der Waals surface area contributed by atoms with E-state index >= 15 is 0 Å². The number of hydrogen-bond acceptors (Lipinski definition) is 5. The van der Waals surface area contributed by atoms with Gasteiger partial charge < -0.3 is 10.7 Å². The summed E-state index contributed by atoms with van der Waals surface area (Å²) in [4.78, 5) is 13.2. The Morgan fingerprint density at radius 1 is 1.13 bits per heavy atom. The first kappa shape index (κ1) is 21.2. The molecule has 0 aliphatic carbocycles. The first-order valence-electron chi connectivity index (χ1n) is 9.78. The van der Waals surface area contributed by atoms with Gasteiger partial charge >= 0.3 is 6.18 Å². The smallest absolute Gasteiger partial charge is 0.324 e. The van der Waals surface area contributed by atoms with Crippen LogP contribution in [-0.4, -0.2) is 26.0 Å². The molecule has 2 N–H and O–H groups in total. The number of rotatable bonds is 5. The Kier molecular flexibility index (Phi) is 5.90. The second-order valence-corrected chi connectivity index (χ2v) is 8.18. The molecule has 0 bridgehead atoms. The fourth-order valence-electron chi connectivity index (χ4n) is 3.44. The fourth-order valence-corrected chi connectivity index (χ4v) is 4.54. The zero-order valence-electron chi connectivity index (χ0n) is 16.6. The van der Waals surface area contributed by atoms with E-state index in [9.17, 15) is 18.0 Å². The van der Waals surface area contributed by atoms with Gasteiger partial charge in [0.1, 0.15) is 5.25 Å². The molecule has 3 aromatic rings. The minimum absolute atomic E-state index is 0.272. The predicted molar refractivity (Wildman–Crippen MR) is 112 cm³/mol. The van der Waals surface area contributed by atoms with Crippen molar-refractivity contribution in [1.82, 2.24) is 14.9 Å². The third-order valence-corrected chi connectivity index (χ3v) is 6.10. The van der Waals surface area contributed by atoms with Gasteiger partial charge in [0.05, 0.1) is 17.3 Å². The third-order valence-electron chi connectivity index (χ3n) is 4.88. The van der Waals surface area contributed by atoms with E-state index in [1.54, 1.807) is 4.68 Å². The summed E-state index contributed by atoms with van der Waals surface area (Å²) >= 11 is 1.18. The Labute approximate surface area is 181 Å². The minimum atomic E-state index is -4.57. The highest BCUT2D eigenvalue weighted by Gasteiger charge is 2.39. The number of carbonyl (C=O) groups excluding carboxylic acids is 1. The van der Waals surface area contributed by atoms with E-state index < -0.39 is 28.9 Å². The van der Waals surface area contributed by atoms with Gasteiger partial charge in [0, 0.05) is 6.42 Å².